The fourth-order valence-electron chi connectivity index (χ4n) is 18.3. The molecule has 0 aromatic rings. The number of dihydropyridines is 1. The van der Waals surface area contributed by atoms with Gasteiger partial charge in [-0.25, -0.2) is 0 Å². The van der Waals surface area contributed by atoms with E-state index in [1.807, 2.05) is 31.2 Å². The molecular formula is C54H83N3O11. The number of fused-ring (bicyclic) bond motifs is 5. The second kappa shape index (κ2) is 17.5. The molecule has 1 spiro atoms. The Kier molecular flexibility index (Phi) is 12.7. The fraction of sp³-hybridized carbons (Fsp3) is 0.833. The molecule has 2 aliphatic heterocycles. The van der Waals surface area contributed by atoms with Crippen LogP contribution in [0.25, 0.3) is 0 Å². The summed E-state index contributed by atoms with van der Waals surface area (Å²) in [5, 5.41) is 119. The quantitative estimate of drug-likeness (QED) is 0.133. The Balaban J connectivity index is 1.14. The van der Waals surface area contributed by atoms with Gasteiger partial charge in [-0.3, -0.25) is 4.79 Å². The first-order valence-electron chi connectivity index (χ1n) is 26.8. The highest BCUT2D eigenvalue weighted by Crippen LogP contribution is 2.77. The predicted octanol–water partition coefficient (Wildman–Crippen LogP) is 3.12. The molecule has 0 amide bonds. The number of nitrogens with one attached hydrogen (secondary N) is 2. The minimum Gasteiger partial charge on any atom is -0.396 e. The maximum Gasteiger partial charge on any atom is 0.182 e. The molecule has 2 heterocycles. The molecule has 10 aliphatic rings. The van der Waals surface area contributed by atoms with Crippen molar-refractivity contribution < 1.29 is 55.5 Å². The van der Waals surface area contributed by atoms with Gasteiger partial charge in [0.15, 0.2) is 5.78 Å². The zero-order chi connectivity index (χ0) is 48.5. The highest BCUT2D eigenvalue weighted by atomic mass is 16.5. The van der Waals surface area contributed by atoms with E-state index in [0.717, 1.165) is 49.8 Å². The molecule has 7 fully saturated rings. The lowest BCUT2D eigenvalue weighted by Gasteiger charge is -2.70. The summed E-state index contributed by atoms with van der Waals surface area (Å²) in [5.41, 5.74) is -1.29. The van der Waals surface area contributed by atoms with Crippen LogP contribution in [0.4, 0.5) is 0 Å². The van der Waals surface area contributed by atoms with Crippen LogP contribution in [0.1, 0.15) is 137 Å². The second-order valence-electron chi connectivity index (χ2n) is 24.4. The first kappa shape index (κ1) is 49.4. The minimum atomic E-state index is -1.92. The van der Waals surface area contributed by atoms with Crippen molar-refractivity contribution in [3.8, 4) is 0 Å². The molecule has 13 N–H and O–H groups in total. The number of aliphatic hydroxyl groups excluding tert-OH is 5. The van der Waals surface area contributed by atoms with Gasteiger partial charge in [0.2, 0.25) is 0 Å². The Bertz CT molecular complexity index is 2090. The number of Topliss-reactive ketones (excluding diaryl/α,β-unsaturated/α-hetero) is 1. The smallest absolute Gasteiger partial charge is 0.182 e. The van der Waals surface area contributed by atoms with Crippen LogP contribution in [-0.4, -0.2) is 130 Å². The molecule has 10 rings (SSSR count). The molecule has 1 saturated heterocycles. The third-order valence-corrected chi connectivity index (χ3v) is 21.0. The van der Waals surface area contributed by atoms with Crippen molar-refractivity contribution in [1.82, 2.24) is 10.6 Å². The number of ether oxygens (including phenoxy) is 1. The van der Waals surface area contributed by atoms with Crippen molar-refractivity contribution in [3.63, 3.8) is 0 Å². The summed E-state index contributed by atoms with van der Waals surface area (Å²) < 4.78 is 7.01. The van der Waals surface area contributed by atoms with Gasteiger partial charge < -0.3 is 67.1 Å². The van der Waals surface area contributed by atoms with Gasteiger partial charge >= 0.3 is 0 Å². The summed E-state index contributed by atoms with van der Waals surface area (Å²) in [6.45, 7) is 7.33. The second-order valence-corrected chi connectivity index (χ2v) is 24.4. The van der Waals surface area contributed by atoms with Gasteiger partial charge in [-0.2, -0.15) is 0 Å². The Morgan fingerprint density at radius 3 is 2.49 bits per heavy atom. The maximum absolute atomic E-state index is 15.9. The third kappa shape index (κ3) is 6.98. The lowest BCUT2D eigenvalue weighted by Crippen LogP contribution is -2.75. The lowest BCUT2D eigenvalue weighted by molar-refractivity contribution is -0.268. The van der Waals surface area contributed by atoms with Gasteiger partial charge in [0.25, 0.3) is 0 Å². The van der Waals surface area contributed by atoms with Crippen LogP contribution in [0.5, 0.6) is 0 Å². The predicted molar refractivity (Wildman–Crippen MR) is 253 cm³/mol. The summed E-state index contributed by atoms with van der Waals surface area (Å²) in [4.78, 5) is 15.9. The van der Waals surface area contributed by atoms with Gasteiger partial charge in [0.1, 0.15) is 5.60 Å². The van der Waals surface area contributed by atoms with E-state index in [1.54, 1.807) is 13.8 Å². The topological polar surface area (TPSA) is 258 Å². The van der Waals surface area contributed by atoms with Crippen LogP contribution in [0, 0.1) is 64.1 Å². The van der Waals surface area contributed by atoms with Crippen molar-refractivity contribution in [2.24, 2.45) is 69.8 Å². The first-order chi connectivity index (χ1) is 32.2. The molecule has 0 aromatic carbocycles. The zero-order valence-corrected chi connectivity index (χ0v) is 40.9. The van der Waals surface area contributed by atoms with Crippen LogP contribution >= 0.6 is 0 Å². The summed E-state index contributed by atoms with van der Waals surface area (Å²) in [6, 6.07) is 0. The van der Waals surface area contributed by atoms with Crippen LogP contribution in [0.2, 0.25) is 0 Å². The molecule has 0 radical (unpaired) electrons. The van der Waals surface area contributed by atoms with E-state index in [0.29, 0.717) is 50.0 Å². The average molecular weight is 950 g/mol. The Labute approximate surface area is 402 Å². The number of hydrogen-bond acceptors (Lipinski definition) is 14. The normalized spacial score (nSPS) is 50.7. The first-order valence-corrected chi connectivity index (χ1v) is 26.8. The molecule has 22 atom stereocenters. The molecule has 14 heteroatoms. The number of aliphatic hydroxyl groups is 9. The number of hydrogen-bond donors (Lipinski definition) is 12. The third-order valence-electron chi connectivity index (χ3n) is 21.0. The van der Waals surface area contributed by atoms with E-state index in [9.17, 15) is 46.0 Å². The number of ketones is 1. The van der Waals surface area contributed by atoms with Crippen LogP contribution < -0.4 is 16.4 Å². The van der Waals surface area contributed by atoms with E-state index in [4.69, 9.17) is 10.5 Å². The van der Waals surface area contributed by atoms with E-state index in [-0.39, 0.29) is 74.7 Å². The highest BCUT2D eigenvalue weighted by molar-refractivity contribution is 6.00. The Morgan fingerprint density at radius 1 is 1.00 bits per heavy atom. The summed E-state index contributed by atoms with van der Waals surface area (Å²) in [5.74, 6) is -4.11. The van der Waals surface area contributed by atoms with Crippen molar-refractivity contribution in [2.75, 3.05) is 13.2 Å². The standard InChI is InChI=1S/C54H83N3O11/c1-5-8-29-11-13-32-38(17-12-29)68-48-41(32)36(60)10-6-21-54(48,67)50(4,64)39-20-23-53(66)43-44(56-26-28(2)59)46(63)42-33-14-16-34-30(31-15-18-40(55)57-35(31)9-7-24-58)19-22-51(65,27-49(39,53)3)47(43)52(34,42)25-37(61)45(33)62/h15,18-19,22,28-30,32-34,36-42,45,47-48,56-62,64-67H,5-14,16-17,20-21,23-27,55H2,1-4H3/t28-,29+,30-,32+,33+,34+,36+,37-,38+,39-,40?,41+,42-,45+,47+,48+,49+,50+,51+,52+,53+,54+/m0/s1. The molecular weight excluding hydrogens is 867 g/mol. The minimum absolute atomic E-state index is 0.00205. The van der Waals surface area contributed by atoms with E-state index in [2.05, 4.69) is 17.6 Å². The number of nitrogens with two attached hydrogens (primary N) is 1. The number of carbonyl (C=O) groups excluding carboxylic acids is 1. The maximum atomic E-state index is 15.9. The molecule has 380 valence electrons. The highest BCUT2D eigenvalue weighted by Gasteiger charge is 2.80. The lowest BCUT2D eigenvalue weighted by atomic mass is 9.35. The molecule has 68 heavy (non-hydrogen) atoms. The van der Waals surface area contributed by atoms with Crippen molar-refractivity contribution in [1.29, 1.82) is 0 Å². The van der Waals surface area contributed by atoms with Crippen LogP contribution in [0.15, 0.2) is 46.8 Å². The Morgan fingerprint density at radius 2 is 1.75 bits per heavy atom. The van der Waals surface area contributed by atoms with Crippen molar-refractivity contribution in [2.45, 2.75) is 202 Å². The summed E-state index contributed by atoms with van der Waals surface area (Å²) >= 11 is 0. The molecule has 0 aromatic heterocycles. The molecule has 14 nitrogen and oxygen atoms in total. The fourth-order valence-corrected chi connectivity index (χ4v) is 18.3. The van der Waals surface area contributed by atoms with E-state index < -0.39 is 105 Å². The SMILES string of the molecule is CCC[C@@H]1CC[C@H]2[C@@H]3[C@H](O)CCC[C@](O)([C@](C)(O)[C@H]4CC[C@@]5(O)C6=C(NC[C@H](C)O)C(=O)[C@@H]7[C@H]8CC[C@@H]9[C@H](C%10=C(CCCO)NC(N)C=C%10)C=C[C@@](O)(C[C@]45C)[C@@H]6[C@]97C[C@H](O)[C@@H]8O)[C@@H]3O[C@@H]2CC1. The summed E-state index contributed by atoms with van der Waals surface area (Å²) in [6.07, 6.45) is 11.7. The molecule has 8 aliphatic carbocycles. The van der Waals surface area contributed by atoms with Crippen molar-refractivity contribution in [3.05, 3.63) is 46.8 Å². The van der Waals surface area contributed by atoms with Gasteiger partial charge in [-0.1, -0.05) is 51.3 Å². The average Bonchev–Trinajstić information content (AvgIpc) is 3.62. The summed E-state index contributed by atoms with van der Waals surface area (Å²) in [7, 11) is 0. The number of carbonyl (C=O) groups is 1. The van der Waals surface area contributed by atoms with Crippen LogP contribution in [0.3, 0.4) is 0 Å². The van der Waals surface area contributed by atoms with Crippen molar-refractivity contribution >= 4 is 5.78 Å². The molecule has 2 bridgehead atoms. The van der Waals surface area contributed by atoms with E-state index in [1.165, 1.54) is 0 Å². The zero-order valence-electron chi connectivity index (χ0n) is 40.9. The largest absolute Gasteiger partial charge is 0.396 e. The van der Waals surface area contributed by atoms with E-state index >= 15 is 4.79 Å². The molecule has 6 saturated carbocycles. The number of rotatable bonds is 11. The number of allylic oxidation sites excluding steroid dienone is 5. The van der Waals surface area contributed by atoms with Gasteiger partial charge in [-0.05, 0) is 156 Å². The molecule has 1 unspecified atom stereocenters. The monoisotopic (exact) mass is 950 g/mol. The van der Waals surface area contributed by atoms with Gasteiger partial charge in [0.05, 0.1) is 65.3 Å². The van der Waals surface area contributed by atoms with Gasteiger partial charge in [-0.15, -0.1) is 0 Å². The Hall–Kier alpha value is -2.21. The van der Waals surface area contributed by atoms with Gasteiger partial charge in [0, 0.05) is 47.9 Å². The van der Waals surface area contributed by atoms with Crippen LogP contribution in [-0.2, 0) is 9.53 Å².